The molecule has 0 saturated heterocycles. The van der Waals surface area contributed by atoms with Crippen molar-refractivity contribution in [2.45, 2.75) is 13.3 Å². The third-order valence-electron chi connectivity index (χ3n) is 4.14. The number of methoxy groups -OCH3 is 2. The van der Waals surface area contributed by atoms with Crippen LogP contribution in [0.15, 0.2) is 48.5 Å². The van der Waals surface area contributed by atoms with Gasteiger partial charge in [0.25, 0.3) is 0 Å². The molecule has 2 N–H and O–H groups in total. The molecule has 0 saturated carbocycles. The minimum Gasteiger partial charge on any atom is -0.493 e. The molecule has 7 heteroatoms. The zero-order chi connectivity index (χ0) is 19.9. The van der Waals surface area contributed by atoms with E-state index in [4.69, 9.17) is 9.47 Å². The van der Waals surface area contributed by atoms with Crippen molar-refractivity contribution < 1.29 is 13.9 Å². The molecule has 0 aliphatic heterocycles. The Hall–Kier alpha value is -3.35. The Kier molecular flexibility index (Phi) is 6.26. The van der Waals surface area contributed by atoms with E-state index in [0.717, 1.165) is 17.7 Å². The lowest BCUT2D eigenvalue weighted by molar-refractivity contribution is 0.354. The molecular formula is C21H23FN4O2. The van der Waals surface area contributed by atoms with Gasteiger partial charge in [-0.25, -0.2) is 9.37 Å². The second-order valence-electron chi connectivity index (χ2n) is 6.19. The normalized spacial score (nSPS) is 10.4. The van der Waals surface area contributed by atoms with Gasteiger partial charge in [0.2, 0.25) is 5.95 Å². The van der Waals surface area contributed by atoms with Crippen LogP contribution < -0.4 is 20.1 Å². The lowest BCUT2D eigenvalue weighted by Crippen LogP contribution is -2.09. The van der Waals surface area contributed by atoms with Crippen molar-refractivity contribution in [3.8, 4) is 11.5 Å². The Balaban J connectivity index is 1.65. The molecule has 0 unspecified atom stereocenters. The van der Waals surface area contributed by atoms with Gasteiger partial charge in [0, 0.05) is 18.3 Å². The summed E-state index contributed by atoms with van der Waals surface area (Å²) >= 11 is 0. The van der Waals surface area contributed by atoms with Crippen LogP contribution in [0.4, 0.5) is 21.8 Å². The van der Waals surface area contributed by atoms with Crippen LogP contribution in [0, 0.1) is 12.7 Å². The fourth-order valence-corrected chi connectivity index (χ4v) is 2.77. The van der Waals surface area contributed by atoms with Gasteiger partial charge in [-0.05, 0) is 43.2 Å². The van der Waals surface area contributed by atoms with Gasteiger partial charge in [0.05, 0.1) is 19.9 Å². The largest absolute Gasteiger partial charge is 0.493 e. The number of aryl methyl sites for hydroxylation is 1. The second-order valence-corrected chi connectivity index (χ2v) is 6.19. The fourth-order valence-electron chi connectivity index (χ4n) is 2.77. The summed E-state index contributed by atoms with van der Waals surface area (Å²) in [6.45, 7) is 2.54. The first kappa shape index (κ1) is 19.4. The summed E-state index contributed by atoms with van der Waals surface area (Å²) in [6.07, 6.45) is 0.777. The number of aromatic nitrogens is 2. The number of halogens is 1. The number of para-hydroxylation sites is 1. The molecule has 146 valence electrons. The fraction of sp³-hybridized carbons (Fsp3) is 0.238. The number of hydrogen-bond acceptors (Lipinski definition) is 6. The van der Waals surface area contributed by atoms with Gasteiger partial charge in [-0.1, -0.05) is 18.2 Å². The van der Waals surface area contributed by atoms with Crippen LogP contribution >= 0.6 is 0 Å². The van der Waals surface area contributed by atoms with E-state index in [2.05, 4.69) is 20.6 Å². The number of benzene rings is 2. The van der Waals surface area contributed by atoms with E-state index in [1.807, 2.05) is 31.2 Å². The highest BCUT2D eigenvalue weighted by atomic mass is 19.1. The average Bonchev–Trinajstić information content (AvgIpc) is 2.69. The Bertz CT molecular complexity index is 949. The van der Waals surface area contributed by atoms with E-state index in [9.17, 15) is 4.39 Å². The van der Waals surface area contributed by atoms with Gasteiger partial charge >= 0.3 is 0 Å². The monoisotopic (exact) mass is 382 g/mol. The zero-order valence-electron chi connectivity index (χ0n) is 16.1. The molecule has 6 nitrogen and oxygen atoms in total. The highest BCUT2D eigenvalue weighted by Crippen LogP contribution is 2.27. The Labute approximate surface area is 163 Å². The summed E-state index contributed by atoms with van der Waals surface area (Å²) in [5.74, 6) is 2.07. The van der Waals surface area contributed by atoms with E-state index in [-0.39, 0.29) is 5.82 Å². The van der Waals surface area contributed by atoms with Crippen LogP contribution in [0.3, 0.4) is 0 Å². The van der Waals surface area contributed by atoms with Crippen LogP contribution in [0.2, 0.25) is 0 Å². The van der Waals surface area contributed by atoms with Gasteiger partial charge in [0.1, 0.15) is 11.6 Å². The number of ether oxygens (including phenoxy) is 2. The molecule has 0 fully saturated rings. The van der Waals surface area contributed by atoms with Gasteiger partial charge in [-0.15, -0.1) is 0 Å². The van der Waals surface area contributed by atoms with Crippen molar-refractivity contribution in [2.24, 2.45) is 0 Å². The van der Waals surface area contributed by atoms with E-state index < -0.39 is 0 Å². The molecule has 3 aromatic rings. The summed E-state index contributed by atoms with van der Waals surface area (Å²) in [6, 6.07) is 14.1. The maximum absolute atomic E-state index is 13.8. The minimum atomic E-state index is -0.351. The predicted octanol–water partition coefficient (Wildman–Crippen LogP) is 4.34. The molecule has 0 amide bonds. The molecule has 0 aliphatic carbocycles. The highest BCUT2D eigenvalue weighted by Gasteiger charge is 2.07. The molecule has 0 spiro atoms. The summed E-state index contributed by atoms with van der Waals surface area (Å²) < 4.78 is 24.4. The average molecular weight is 382 g/mol. The molecule has 3 rings (SSSR count). The lowest BCUT2D eigenvalue weighted by Gasteiger charge is -2.12. The summed E-state index contributed by atoms with van der Waals surface area (Å²) in [5, 5.41) is 6.21. The van der Waals surface area contributed by atoms with E-state index in [0.29, 0.717) is 35.5 Å². The van der Waals surface area contributed by atoms with Crippen molar-refractivity contribution in [3.05, 3.63) is 65.6 Å². The first-order chi connectivity index (χ1) is 13.6. The van der Waals surface area contributed by atoms with Crippen LogP contribution in [-0.4, -0.2) is 30.7 Å². The van der Waals surface area contributed by atoms with Gasteiger partial charge in [-0.2, -0.15) is 4.98 Å². The van der Waals surface area contributed by atoms with E-state index >= 15 is 0 Å². The lowest BCUT2D eigenvalue weighted by atomic mass is 10.1. The van der Waals surface area contributed by atoms with E-state index in [1.165, 1.54) is 6.07 Å². The molecule has 1 heterocycles. The van der Waals surface area contributed by atoms with Crippen molar-refractivity contribution >= 4 is 17.5 Å². The molecule has 28 heavy (non-hydrogen) atoms. The second kappa shape index (κ2) is 9.03. The van der Waals surface area contributed by atoms with Gasteiger partial charge < -0.3 is 20.1 Å². The van der Waals surface area contributed by atoms with Crippen molar-refractivity contribution in [2.75, 3.05) is 31.4 Å². The number of hydrogen-bond donors (Lipinski definition) is 2. The standard InChI is InChI=1S/C21H23FN4O2/c1-14-12-20(26-21(24-14)25-17-7-5-4-6-16(17)22)23-11-10-15-8-9-18(27-2)19(13-15)28-3/h4-9,12-13H,10-11H2,1-3H3,(H2,23,24,25,26). The zero-order valence-corrected chi connectivity index (χ0v) is 16.1. The Morgan fingerprint density at radius 2 is 1.75 bits per heavy atom. The van der Waals surface area contributed by atoms with Crippen molar-refractivity contribution in [1.82, 2.24) is 9.97 Å². The molecular weight excluding hydrogens is 359 g/mol. The topological polar surface area (TPSA) is 68.3 Å². The minimum absolute atomic E-state index is 0.337. The predicted molar refractivity (Wildman–Crippen MR) is 108 cm³/mol. The van der Waals surface area contributed by atoms with Crippen LogP contribution in [-0.2, 0) is 6.42 Å². The summed E-state index contributed by atoms with van der Waals surface area (Å²) in [5.41, 5.74) is 2.23. The highest BCUT2D eigenvalue weighted by molar-refractivity contribution is 5.56. The van der Waals surface area contributed by atoms with Crippen molar-refractivity contribution in [1.29, 1.82) is 0 Å². The maximum atomic E-state index is 13.8. The molecule has 0 radical (unpaired) electrons. The first-order valence-electron chi connectivity index (χ1n) is 8.91. The SMILES string of the molecule is COc1ccc(CCNc2cc(C)nc(Nc3ccccc3F)n2)cc1OC. The summed E-state index contributed by atoms with van der Waals surface area (Å²) in [7, 11) is 3.23. The number of rotatable bonds is 8. The maximum Gasteiger partial charge on any atom is 0.229 e. The molecule has 0 atom stereocenters. The van der Waals surface area contributed by atoms with Gasteiger partial charge in [-0.3, -0.25) is 0 Å². The number of nitrogens with zero attached hydrogens (tertiary/aromatic N) is 2. The van der Waals surface area contributed by atoms with Gasteiger partial charge in [0.15, 0.2) is 11.5 Å². The third kappa shape index (κ3) is 4.88. The third-order valence-corrected chi connectivity index (χ3v) is 4.14. The molecule has 1 aromatic heterocycles. The first-order valence-corrected chi connectivity index (χ1v) is 8.91. The van der Waals surface area contributed by atoms with Crippen LogP contribution in [0.25, 0.3) is 0 Å². The van der Waals surface area contributed by atoms with E-state index in [1.54, 1.807) is 32.4 Å². The molecule has 0 aliphatic rings. The smallest absolute Gasteiger partial charge is 0.229 e. The summed E-state index contributed by atoms with van der Waals surface area (Å²) in [4.78, 5) is 8.74. The Morgan fingerprint density at radius 3 is 2.50 bits per heavy atom. The molecule has 0 bridgehead atoms. The quantitative estimate of drug-likeness (QED) is 0.604. The molecule has 2 aromatic carbocycles. The Morgan fingerprint density at radius 1 is 0.964 bits per heavy atom. The number of anilines is 3. The van der Waals surface area contributed by atoms with Crippen LogP contribution in [0.5, 0.6) is 11.5 Å². The van der Waals surface area contributed by atoms with Crippen molar-refractivity contribution in [3.63, 3.8) is 0 Å². The van der Waals surface area contributed by atoms with Crippen LogP contribution in [0.1, 0.15) is 11.3 Å². The number of nitrogens with one attached hydrogen (secondary N) is 2.